The molecule has 1 N–H and O–H groups in total. The van der Waals surface area contributed by atoms with Gasteiger partial charge in [0, 0.05) is 63.1 Å². The van der Waals surface area contributed by atoms with E-state index >= 15 is 0 Å². The smallest absolute Gasteiger partial charge is 0.338 e. The Morgan fingerprint density at radius 3 is 2.22 bits per heavy atom. The molecule has 0 spiro atoms. The van der Waals surface area contributed by atoms with Gasteiger partial charge in [-0.3, -0.25) is 9.69 Å². The Hall–Kier alpha value is -3.06. The lowest BCUT2D eigenvalue weighted by Crippen LogP contribution is -2.47. The predicted molar refractivity (Wildman–Crippen MR) is 145 cm³/mol. The van der Waals surface area contributed by atoms with Crippen LogP contribution in [0, 0.1) is 6.92 Å². The van der Waals surface area contributed by atoms with Crippen LogP contribution in [0.1, 0.15) is 48.5 Å². The van der Waals surface area contributed by atoms with Crippen molar-refractivity contribution in [2.24, 2.45) is 0 Å². The van der Waals surface area contributed by atoms with E-state index in [1.165, 1.54) is 11.3 Å². The van der Waals surface area contributed by atoms with Gasteiger partial charge in [-0.05, 0) is 76.1 Å². The molecule has 0 unspecified atom stereocenters. The van der Waals surface area contributed by atoms with E-state index in [0.717, 1.165) is 70.8 Å². The molecule has 0 saturated carbocycles. The van der Waals surface area contributed by atoms with Gasteiger partial charge >= 0.3 is 5.97 Å². The van der Waals surface area contributed by atoms with Gasteiger partial charge in [0.15, 0.2) is 0 Å². The van der Waals surface area contributed by atoms with Crippen LogP contribution in [0.2, 0.25) is 0 Å². The molecule has 2 aliphatic heterocycles. The van der Waals surface area contributed by atoms with E-state index in [9.17, 15) is 9.59 Å². The minimum absolute atomic E-state index is 0.283. The normalized spacial score (nSPS) is 17.2. The van der Waals surface area contributed by atoms with E-state index < -0.39 is 0 Å². The largest absolute Gasteiger partial charge is 0.462 e. The van der Waals surface area contributed by atoms with Crippen LogP contribution in [0.3, 0.4) is 0 Å². The molecular formula is C29H40N4O3. The number of aryl methyl sites for hydroxylation is 1. The minimum Gasteiger partial charge on any atom is -0.462 e. The number of nitrogens with one attached hydrogen (secondary N) is 1. The van der Waals surface area contributed by atoms with E-state index in [0.29, 0.717) is 24.6 Å². The van der Waals surface area contributed by atoms with Crippen LogP contribution in [0.4, 0.5) is 11.4 Å². The third-order valence-electron chi connectivity index (χ3n) is 7.25. The summed E-state index contributed by atoms with van der Waals surface area (Å²) in [5.74, 6) is -0.00842. The number of carbonyl (C=O) groups excluding carboxylic acids is 2. The first-order valence-corrected chi connectivity index (χ1v) is 13.4. The molecule has 2 saturated heterocycles. The Labute approximate surface area is 215 Å². The maximum atomic E-state index is 12.8. The fourth-order valence-electron chi connectivity index (χ4n) is 5.02. The first-order valence-electron chi connectivity index (χ1n) is 13.4. The lowest BCUT2D eigenvalue weighted by atomic mass is 10.0. The van der Waals surface area contributed by atoms with Crippen molar-refractivity contribution in [2.45, 2.75) is 45.6 Å². The molecular weight excluding hydrogens is 452 g/mol. The number of anilines is 2. The zero-order valence-corrected chi connectivity index (χ0v) is 21.7. The lowest BCUT2D eigenvalue weighted by Gasteiger charge is -2.36. The number of hydrogen-bond acceptors (Lipinski definition) is 6. The van der Waals surface area contributed by atoms with Crippen LogP contribution in [-0.4, -0.2) is 80.1 Å². The van der Waals surface area contributed by atoms with E-state index in [1.807, 2.05) is 17.0 Å². The van der Waals surface area contributed by atoms with Crippen molar-refractivity contribution in [3.05, 3.63) is 59.7 Å². The topological polar surface area (TPSA) is 65.1 Å². The monoisotopic (exact) mass is 492 g/mol. The van der Waals surface area contributed by atoms with Crippen LogP contribution in [-0.2, 0) is 9.53 Å². The van der Waals surface area contributed by atoms with E-state index in [2.05, 4.69) is 46.3 Å². The minimum atomic E-state index is -0.291. The van der Waals surface area contributed by atoms with Crippen molar-refractivity contribution >= 4 is 23.3 Å². The molecule has 0 radical (unpaired) electrons. The molecule has 0 bridgehead atoms. The van der Waals surface area contributed by atoms with Crippen molar-refractivity contribution in [2.75, 3.05) is 62.6 Å². The Morgan fingerprint density at radius 2 is 1.58 bits per heavy atom. The second kappa shape index (κ2) is 12.8. The van der Waals surface area contributed by atoms with Crippen molar-refractivity contribution in [1.82, 2.24) is 9.80 Å². The van der Waals surface area contributed by atoms with Gasteiger partial charge in [-0.1, -0.05) is 17.7 Å². The molecule has 36 heavy (non-hydrogen) atoms. The number of amides is 1. The summed E-state index contributed by atoms with van der Waals surface area (Å²) < 4.78 is 5.04. The number of likely N-dealkylation sites (tertiary alicyclic amines) is 1. The molecule has 7 nitrogen and oxygen atoms in total. The standard InChI is InChI=1S/C29H40N4O3/c1-3-36-29(35)24-8-10-25(11-9-24)30-26-14-17-33(18-15-26)28(34)5-4-16-31-19-21-32(22-20-31)27-12-6-23(2)7-13-27/h6-13,26,30H,3-5,14-22H2,1-2H3. The van der Waals surface area contributed by atoms with Crippen molar-refractivity contribution < 1.29 is 14.3 Å². The number of esters is 1. The molecule has 0 aliphatic carbocycles. The van der Waals surface area contributed by atoms with E-state index in [1.54, 1.807) is 19.1 Å². The number of rotatable bonds is 9. The third-order valence-corrected chi connectivity index (χ3v) is 7.25. The van der Waals surface area contributed by atoms with Gasteiger partial charge in [0.05, 0.1) is 12.2 Å². The average molecular weight is 493 g/mol. The number of piperazine rings is 1. The highest BCUT2D eigenvalue weighted by molar-refractivity contribution is 5.89. The summed E-state index contributed by atoms with van der Waals surface area (Å²) in [6.45, 7) is 11.1. The molecule has 194 valence electrons. The number of ether oxygens (including phenoxy) is 1. The number of benzene rings is 2. The Morgan fingerprint density at radius 1 is 0.917 bits per heavy atom. The molecule has 7 heteroatoms. The summed E-state index contributed by atoms with van der Waals surface area (Å²) in [6.07, 6.45) is 3.43. The Bertz CT molecular complexity index is 977. The van der Waals surface area contributed by atoms with E-state index in [-0.39, 0.29) is 11.9 Å². The number of piperidine rings is 1. The molecule has 2 heterocycles. The quantitative estimate of drug-likeness (QED) is 0.530. The van der Waals surface area contributed by atoms with Crippen LogP contribution in [0.25, 0.3) is 0 Å². The molecule has 2 aromatic rings. The van der Waals surface area contributed by atoms with Crippen LogP contribution < -0.4 is 10.2 Å². The number of carbonyl (C=O) groups is 2. The number of nitrogens with zero attached hydrogens (tertiary/aromatic N) is 3. The molecule has 2 aliphatic rings. The zero-order chi connectivity index (χ0) is 25.3. The SMILES string of the molecule is CCOC(=O)c1ccc(NC2CCN(C(=O)CCCN3CCN(c4ccc(C)cc4)CC3)CC2)cc1. The fourth-order valence-corrected chi connectivity index (χ4v) is 5.02. The highest BCUT2D eigenvalue weighted by Gasteiger charge is 2.23. The molecule has 1 amide bonds. The molecule has 2 aromatic carbocycles. The molecule has 4 rings (SSSR count). The van der Waals surface area contributed by atoms with Gasteiger partial charge in [-0.15, -0.1) is 0 Å². The predicted octanol–water partition coefficient (Wildman–Crippen LogP) is 4.18. The zero-order valence-electron chi connectivity index (χ0n) is 21.7. The summed E-state index contributed by atoms with van der Waals surface area (Å²) in [5, 5.41) is 3.54. The van der Waals surface area contributed by atoms with Crippen LogP contribution in [0.15, 0.2) is 48.5 Å². The summed E-state index contributed by atoms with van der Waals surface area (Å²) in [4.78, 5) is 31.5. The van der Waals surface area contributed by atoms with Gasteiger partial charge in [0.25, 0.3) is 0 Å². The van der Waals surface area contributed by atoms with Crippen molar-refractivity contribution in [1.29, 1.82) is 0 Å². The lowest BCUT2D eigenvalue weighted by molar-refractivity contribution is -0.132. The van der Waals surface area contributed by atoms with Crippen molar-refractivity contribution in [3.63, 3.8) is 0 Å². The Kier molecular flexibility index (Phi) is 9.23. The molecule has 0 atom stereocenters. The third kappa shape index (κ3) is 7.23. The maximum Gasteiger partial charge on any atom is 0.338 e. The fraction of sp³-hybridized carbons (Fsp3) is 0.517. The molecule has 2 fully saturated rings. The van der Waals surface area contributed by atoms with Crippen LogP contribution in [0.5, 0.6) is 0 Å². The second-order valence-electron chi connectivity index (χ2n) is 9.87. The van der Waals surface area contributed by atoms with Gasteiger partial charge in [-0.25, -0.2) is 4.79 Å². The van der Waals surface area contributed by atoms with Gasteiger partial charge in [0.2, 0.25) is 5.91 Å². The number of hydrogen-bond donors (Lipinski definition) is 1. The first-order chi connectivity index (χ1) is 17.5. The first kappa shape index (κ1) is 26.0. The summed E-state index contributed by atoms with van der Waals surface area (Å²) in [5.41, 5.74) is 4.16. The average Bonchev–Trinajstić information content (AvgIpc) is 2.90. The van der Waals surface area contributed by atoms with Gasteiger partial charge < -0.3 is 19.9 Å². The van der Waals surface area contributed by atoms with Crippen molar-refractivity contribution in [3.8, 4) is 0 Å². The maximum absolute atomic E-state index is 12.8. The highest BCUT2D eigenvalue weighted by Crippen LogP contribution is 2.20. The van der Waals surface area contributed by atoms with Gasteiger partial charge in [-0.2, -0.15) is 0 Å². The van der Waals surface area contributed by atoms with E-state index in [4.69, 9.17) is 4.74 Å². The summed E-state index contributed by atoms with van der Waals surface area (Å²) >= 11 is 0. The van der Waals surface area contributed by atoms with Gasteiger partial charge in [0.1, 0.15) is 0 Å². The highest BCUT2D eigenvalue weighted by atomic mass is 16.5. The van der Waals surface area contributed by atoms with Crippen LogP contribution >= 0.6 is 0 Å². The molecule has 0 aromatic heterocycles. The Balaban J connectivity index is 1.11. The second-order valence-corrected chi connectivity index (χ2v) is 9.87. The summed E-state index contributed by atoms with van der Waals surface area (Å²) in [6, 6.07) is 16.5. The summed E-state index contributed by atoms with van der Waals surface area (Å²) in [7, 11) is 0.